The number of hydrogen-bond acceptors (Lipinski definition) is 4. The molecule has 7 nitrogen and oxygen atoms in total. The van der Waals surface area contributed by atoms with Crippen molar-refractivity contribution in [1.82, 2.24) is 10.3 Å². The molecule has 0 bridgehead atoms. The van der Waals surface area contributed by atoms with Gasteiger partial charge in [-0.3, -0.25) is 14.8 Å². The van der Waals surface area contributed by atoms with Crippen molar-refractivity contribution in [3.63, 3.8) is 0 Å². The zero-order valence-electron chi connectivity index (χ0n) is 9.94. The van der Waals surface area contributed by atoms with Crippen molar-refractivity contribution in [1.29, 1.82) is 0 Å². The van der Waals surface area contributed by atoms with Gasteiger partial charge in [-0.25, -0.2) is 5.84 Å². The maximum Gasteiger partial charge on any atom is 0.316 e. The largest absolute Gasteiger partial charge is 0.481 e. The summed E-state index contributed by atoms with van der Waals surface area (Å²) in [5.41, 5.74) is -2.01. The van der Waals surface area contributed by atoms with E-state index in [4.69, 9.17) is 22.6 Å². The number of nitrogens with zero attached hydrogens (tertiary/aromatic N) is 3. The predicted molar refractivity (Wildman–Crippen MR) is 65.6 cm³/mol. The molecule has 8 heteroatoms. The second-order valence-electron chi connectivity index (χ2n) is 4.05. The number of alkyl halides is 1. The smallest absolute Gasteiger partial charge is 0.316 e. The molecular weight excluding hydrogens is 246 g/mol. The number of carboxylic acids is 1. The van der Waals surface area contributed by atoms with Crippen LogP contribution < -0.4 is 11.2 Å². The monoisotopic (exact) mass is 261 g/mol. The first-order valence-electron chi connectivity index (χ1n) is 5.12. The van der Waals surface area contributed by atoms with Crippen LogP contribution in [0.25, 0.3) is 0 Å². The Morgan fingerprint density at radius 3 is 2.82 bits per heavy atom. The van der Waals surface area contributed by atoms with Crippen LogP contribution in [0.1, 0.15) is 20.8 Å². The standard InChI is InChI=1S/C9H16ClN5O2/c1-4-12-8-13-5(9(2,3)6(16)17)15(11)7(10)14-8/h7H,4,11H2,1-3H3,(H,12,14)(H,16,17). The number of carbonyl (C=O) groups is 1. The molecule has 0 aliphatic carbocycles. The maximum absolute atomic E-state index is 11.2. The Kier molecular flexibility index (Phi) is 3.94. The summed E-state index contributed by atoms with van der Waals surface area (Å²) in [6.45, 7) is 5.37. The van der Waals surface area contributed by atoms with Gasteiger partial charge in [-0.2, -0.15) is 4.99 Å². The van der Waals surface area contributed by atoms with Gasteiger partial charge in [0.1, 0.15) is 11.3 Å². The van der Waals surface area contributed by atoms with E-state index < -0.39 is 17.0 Å². The lowest BCUT2D eigenvalue weighted by atomic mass is 9.91. The van der Waals surface area contributed by atoms with Crippen LogP contribution in [0.2, 0.25) is 0 Å². The lowest BCUT2D eigenvalue weighted by Gasteiger charge is -2.36. The van der Waals surface area contributed by atoms with Crippen LogP contribution >= 0.6 is 11.6 Å². The van der Waals surface area contributed by atoms with Gasteiger partial charge in [0.2, 0.25) is 5.96 Å². The SMILES string of the molecule is CCN=C1N=C(C(C)(C)C(=O)O)N(N)C(Cl)N1. The Hall–Kier alpha value is -1.34. The Labute approximate surface area is 104 Å². The van der Waals surface area contributed by atoms with Crippen molar-refractivity contribution in [3.05, 3.63) is 0 Å². The van der Waals surface area contributed by atoms with E-state index in [-0.39, 0.29) is 5.84 Å². The summed E-state index contributed by atoms with van der Waals surface area (Å²) in [6, 6.07) is 0. The van der Waals surface area contributed by atoms with Gasteiger partial charge >= 0.3 is 5.97 Å². The van der Waals surface area contributed by atoms with Gasteiger partial charge in [0.25, 0.3) is 0 Å². The Morgan fingerprint density at radius 2 is 2.35 bits per heavy atom. The van der Waals surface area contributed by atoms with E-state index in [9.17, 15) is 4.79 Å². The van der Waals surface area contributed by atoms with Crippen LogP contribution in [0.4, 0.5) is 0 Å². The number of aliphatic carboxylic acids is 1. The predicted octanol–water partition coefficient (Wildman–Crippen LogP) is 0.173. The molecule has 0 fully saturated rings. The molecule has 96 valence electrons. The number of amidine groups is 1. The number of nitrogens with two attached hydrogens (primary N) is 1. The lowest BCUT2D eigenvalue weighted by molar-refractivity contribution is -0.143. The average Bonchev–Trinajstić information content (AvgIpc) is 2.23. The number of rotatable bonds is 3. The van der Waals surface area contributed by atoms with Crippen molar-refractivity contribution in [3.8, 4) is 0 Å². The zero-order chi connectivity index (χ0) is 13.2. The van der Waals surface area contributed by atoms with Gasteiger partial charge in [0.15, 0.2) is 5.62 Å². The normalized spacial score (nSPS) is 23.4. The number of aliphatic imine (C=N–C) groups is 2. The first-order chi connectivity index (χ1) is 7.80. The quantitative estimate of drug-likeness (QED) is 0.382. The van der Waals surface area contributed by atoms with Crippen LogP contribution in [-0.4, -0.2) is 40.0 Å². The summed E-state index contributed by atoms with van der Waals surface area (Å²) in [5, 5.41) is 13.0. The fourth-order valence-electron chi connectivity index (χ4n) is 1.26. The highest BCUT2D eigenvalue weighted by atomic mass is 35.5. The molecular formula is C9H16ClN5O2. The van der Waals surface area contributed by atoms with Gasteiger partial charge in [-0.15, -0.1) is 0 Å². The third kappa shape index (κ3) is 2.67. The minimum atomic E-state index is -1.24. The van der Waals surface area contributed by atoms with E-state index in [0.29, 0.717) is 12.5 Å². The minimum Gasteiger partial charge on any atom is -0.481 e. The van der Waals surface area contributed by atoms with E-state index in [0.717, 1.165) is 5.01 Å². The summed E-state index contributed by atoms with van der Waals surface area (Å²) < 4.78 is 0. The molecule has 0 aromatic heterocycles. The molecule has 1 aliphatic rings. The molecule has 0 amide bonds. The van der Waals surface area contributed by atoms with Crippen molar-refractivity contribution in [2.75, 3.05) is 6.54 Å². The molecule has 0 aromatic rings. The third-order valence-electron chi connectivity index (χ3n) is 2.35. The van der Waals surface area contributed by atoms with Gasteiger partial charge in [0.05, 0.1) is 0 Å². The topological polar surface area (TPSA) is 103 Å². The summed E-state index contributed by atoms with van der Waals surface area (Å²) >= 11 is 5.94. The number of guanidine groups is 1. The van der Waals surface area contributed by atoms with Crippen molar-refractivity contribution < 1.29 is 9.90 Å². The molecule has 1 heterocycles. The highest BCUT2D eigenvalue weighted by Crippen LogP contribution is 2.23. The molecule has 1 atom stereocenters. The van der Waals surface area contributed by atoms with Gasteiger partial charge in [-0.1, -0.05) is 11.6 Å². The number of hydrogen-bond donors (Lipinski definition) is 3. The van der Waals surface area contributed by atoms with Gasteiger partial charge < -0.3 is 10.4 Å². The van der Waals surface area contributed by atoms with E-state index >= 15 is 0 Å². The van der Waals surface area contributed by atoms with E-state index in [1.54, 1.807) is 0 Å². The third-order valence-corrected chi connectivity index (χ3v) is 2.67. The van der Waals surface area contributed by atoms with Crippen LogP contribution in [0.15, 0.2) is 9.98 Å². The van der Waals surface area contributed by atoms with E-state index in [1.807, 2.05) is 6.92 Å². The summed E-state index contributed by atoms with van der Waals surface area (Å²) in [7, 11) is 0. The van der Waals surface area contributed by atoms with Crippen LogP contribution in [0.5, 0.6) is 0 Å². The molecule has 0 spiro atoms. The van der Waals surface area contributed by atoms with Gasteiger partial charge in [-0.05, 0) is 20.8 Å². The lowest BCUT2D eigenvalue weighted by Crippen LogP contribution is -2.60. The van der Waals surface area contributed by atoms with Crippen LogP contribution in [0.3, 0.4) is 0 Å². The maximum atomic E-state index is 11.2. The summed E-state index contributed by atoms with van der Waals surface area (Å²) in [4.78, 5) is 19.3. The van der Waals surface area contributed by atoms with Crippen molar-refractivity contribution in [2.45, 2.75) is 26.4 Å². The molecule has 4 N–H and O–H groups in total. The molecule has 17 heavy (non-hydrogen) atoms. The number of nitrogens with one attached hydrogen (secondary N) is 1. The fraction of sp³-hybridized carbons (Fsp3) is 0.667. The average molecular weight is 262 g/mol. The molecule has 1 unspecified atom stereocenters. The summed E-state index contributed by atoms with van der Waals surface area (Å²) in [5.74, 6) is 5.11. The fourth-order valence-corrected chi connectivity index (χ4v) is 1.45. The van der Waals surface area contributed by atoms with Crippen LogP contribution in [0, 0.1) is 5.41 Å². The number of halogens is 1. The second kappa shape index (κ2) is 4.89. The second-order valence-corrected chi connectivity index (χ2v) is 4.46. The highest BCUT2D eigenvalue weighted by Gasteiger charge is 2.40. The van der Waals surface area contributed by atoms with E-state index in [2.05, 4.69) is 15.3 Å². The minimum absolute atomic E-state index is 0.163. The number of hydrazine groups is 1. The molecule has 1 rings (SSSR count). The summed E-state index contributed by atoms with van der Waals surface area (Å²) in [6.07, 6.45) is 0. The first kappa shape index (κ1) is 13.7. The molecule has 0 aromatic carbocycles. The molecule has 0 saturated heterocycles. The Morgan fingerprint density at radius 1 is 1.76 bits per heavy atom. The molecule has 1 aliphatic heterocycles. The first-order valence-corrected chi connectivity index (χ1v) is 5.56. The van der Waals surface area contributed by atoms with Gasteiger partial charge in [0, 0.05) is 6.54 Å². The number of carboxylic acid groups (broad SMARTS) is 1. The van der Waals surface area contributed by atoms with Crippen LogP contribution in [-0.2, 0) is 4.79 Å². The van der Waals surface area contributed by atoms with Crippen molar-refractivity contribution >= 4 is 29.4 Å². The Balaban J connectivity index is 3.18. The molecule has 0 radical (unpaired) electrons. The molecule has 0 saturated carbocycles. The zero-order valence-corrected chi connectivity index (χ0v) is 10.7. The Bertz CT molecular complexity index is 380. The van der Waals surface area contributed by atoms with E-state index in [1.165, 1.54) is 13.8 Å². The highest BCUT2D eigenvalue weighted by molar-refractivity contribution is 6.24. The van der Waals surface area contributed by atoms with Crippen molar-refractivity contribution in [2.24, 2.45) is 21.2 Å².